The molecule has 0 bridgehead atoms. The van der Waals surface area contributed by atoms with Gasteiger partial charge in [0.2, 0.25) is 5.91 Å². The Labute approximate surface area is 165 Å². The molecule has 1 heterocycles. The molecule has 0 aromatic heterocycles. The third-order valence-electron chi connectivity index (χ3n) is 4.51. The molecule has 1 aliphatic rings. The minimum atomic E-state index is -0.0201. The minimum Gasteiger partial charge on any atom is -0.497 e. The second-order valence-electron chi connectivity index (χ2n) is 6.41. The lowest BCUT2D eigenvalue weighted by Crippen LogP contribution is -2.43. The van der Waals surface area contributed by atoms with Crippen LogP contribution in [0.25, 0.3) is 0 Å². The summed E-state index contributed by atoms with van der Waals surface area (Å²) in [5.41, 5.74) is 1.13. The van der Waals surface area contributed by atoms with Crippen molar-refractivity contribution in [3.8, 4) is 5.75 Å². The lowest BCUT2D eigenvalue weighted by Gasteiger charge is -2.31. The van der Waals surface area contributed by atoms with Crippen LogP contribution in [0.1, 0.15) is 11.6 Å². The van der Waals surface area contributed by atoms with Crippen LogP contribution in [0.15, 0.2) is 59.5 Å². The molecule has 5 nitrogen and oxygen atoms in total. The van der Waals surface area contributed by atoms with Gasteiger partial charge in [-0.1, -0.05) is 30.3 Å². The first kappa shape index (κ1) is 19.7. The predicted octanol–water partition coefficient (Wildman–Crippen LogP) is 2.98. The third kappa shape index (κ3) is 6.27. The topological polar surface area (TPSA) is 50.8 Å². The number of ether oxygens (including phenoxy) is 2. The normalized spacial score (nSPS) is 15.9. The minimum absolute atomic E-state index is 0.0201. The van der Waals surface area contributed by atoms with Crippen LogP contribution < -0.4 is 10.1 Å². The Hall–Kier alpha value is -2.02. The van der Waals surface area contributed by atoms with Gasteiger partial charge < -0.3 is 14.8 Å². The summed E-state index contributed by atoms with van der Waals surface area (Å²) in [4.78, 5) is 16.0. The number of hydrogen-bond acceptors (Lipinski definition) is 5. The number of rotatable bonds is 8. The zero-order valence-corrected chi connectivity index (χ0v) is 16.4. The molecule has 0 unspecified atom stereocenters. The Morgan fingerprint density at radius 1 is 1.15 bits per heavy atom. The summed E-state index contributed by atoms with van der Waals surface area (Å²) in [5, 5.41) is 3.21. The summed E-state index contributed by atoms with van der Waals surface area (Å²) in [6.45, 7) is 4.11. The van der Waals surface area contributed by atoms with Crippen molar-refractivity contribution in [1.82, 2.24) is 10.2 Å². The Balaban J connectivity index is 1.57. The van der Waals surface area contributed by atoms with Gasteiger partial charge in [-0.25, -0.2) is 0 Å². The highest BCUT2D eigenvalue weighted by atomic mass is 32.2. The summed E-state index contributed by atoms with van der Waals surface area (Å²) in [6, 6.07) is 17.9. The molecular weight excluding hydrogens is 360 g/mol. The Kier molecular flexibility index (Phi) is 7.56. The van der Waals surface area contributed by atoms with E-state index >= 15 is 0 Å². The zero-order chi connectivity index (χ0) is 18.9. The van der Waals surface area contributed by atoms with Crippen LogP contribution in [-0.4, -0.2) is 56.5 Å². The Morgan fingerprint density at radius 3 is 2.52 bits per heavy atom. The van der Waals surface area contributed by atoms with Crippen molar-refractivity contribution in [2.45, 2.75) is 10.9 Å². The van der Waals surface area contributed by atoms with Gasteiger partial charge in [-0.05, 0) is 29.8 Å². The molecule has 1 aliphatic heterocycles. The van der Waals surface area contributed by atoms with Crippen molar-refractivity contribution in [2.24, 2.45) is 0 Å². The molecule has 27 heavy (non-hydrogen) atoms. The first-order chi connectivity index (χ1) is 13.2. The summed E-state index contributed by atoms with van der Waals surface area (Å²) in [6.07, 6.45) is 0. The van der Waals surface area contributed by atoms with Gasteiger partial charge in [-0.15, -0.1) is 11.8 Å². The number of methoxy groups -OCH3 is 1. The van der Waals surface area contributed by atoms with Crippen molar-refractivity contribution in [2.75, 3.05) is 45.7 Å². The highest BCUT2D eigenvalue weighted by Crippen LogP contribution is 2.22. The summed E-state index contributed by atoms with van der Waals surface area (Å²) >= 11 is 1.53. The maximum Gasteiger partial charge on any atom is 0.230 e. The molecule has 144 valence electrons. The van der Waals surface area contributed by atoms with Gasteiger partial charge >= 0.3 is 0 Å². The molecule has 2 aromatic rings. The fourth-order valence-electron chi connectivity index (χ4n) is 3.02. The molecule has 1 amide bonds. The zero-order valence-electron chi connectivity index (χ0n) is 15.6. The number of carbonyl (C=O) groups is 1. The third-order valence-corrected chi connectivity index (χ3v) is 5.52. The highest BCUT2D eigenvalue weighted by Gasteiger charge is 2.20. The smallest absolute Gasteiger partial charge is 0.230 e. The molecule has 3 rings (SSSR count). The van der Waals surface area contributed by atoms with Gasteiger partial charge in [0.15, 0.2) is 0 Å². The van der Waals surface area contributed by atoms with Crippen LogP contribution >= 0.6 is 11.8 Å². The average molecular weight is 387 g/mol. The van der Waals surface area contributed by atoms with E-state index in [1.54, 1.807) is 7.11 Å². The Bertz CT molecular complexity index is 703. The van der Waals surface area contributed by atoms with Crippen molar-refractivity contribution >= 4 is 17.7 Å². The van der Waals surface area contributed by atoms with Crippen molar-refractivity contribution in [3.63, 3.8) is 0 Å². The lowest BCUT2D eigenvalue weighted by atomic mass is 10.1. The van der Waals surface area contributed by atoms with E-state index in [1.807, 2.05) is 42.5 Å². The number of amides is 1. The molecule has 6 heteroatoms. The van der Waals surface area contributed by atoms with Gasteiger partial charge in [-0.3, -0.25) is 9.69 Å². The van der Waals surface area contributed by atoms with E-state index in [-0.39, 0.29) is 11.9 Å². The Morgan fingerprint density at radius 2 is 1.85 bits per heavy atom. The number of carbonyl (C=O) groups excluding carboxylic acids is 1. The maximum atomic E-state index is 12.6. The highest BCUT2D eigenvalue weighted by molar-refractivity contribution is 8.00. The summed E-state index contributed by atoms with van der Waals surface area (Å²) in [7, 11) is 1.65. The number of morpholine rings is 1. The van der Waals surface area contributed by atoms with Gasteiger partial charge in [-0.2, -0.15) is 0 Å². The largest absolute Gasteiger partial charge is 0.497 e. The molecule has 0 radical (unpaired) electrons. The van der Waals surface area contributed by atoms with Crippen LogP contribution in [0, 0.1) is 0 Å². The van der Waals surface area contributed by atoms with E-state index in [1.165, 1.54) is 11.8 Å². The maximum absolute atomic E-state index is 12.6. The molecule has 1 N–H and O–H groups in total. The van der Waals surface area contributed by atoms with E-state index in [0.29, 0.717) is 5.75 Å². The van der Waals surface area contributed by atoms with Gasteiger partial charge in [0.1, 0.15) is 5.75 Å². The molecule has 1 fully saturated rings. The number of nitrogens with zero attached hydrogens (tertiary/aromatic N) is 1. The average Bonchev–Trinajstić information content (AvgIpc) is 2.73. The molecule has 0 saturated carbocycles. The van der Waals surface area contributed by atoms with Crippen LogP contribution in [0.3, 0.4) is 0 Å². The fraction of sp³-hybridized carbons (Fsp3) is 0.381. The van der Waals surface area contributed by atoms with E-state index in [2.05, 4.69) is 22.3 Å². The van der Waals surface area contributed by atoms with Gasteiger partial charge in [0.05, 0.1) is 32.1 Å². The standard InChI is InChI=1S/C21H26N2O3S/c1-25-18-7-9-19(10-8-18)27-16-21(24)22-20(17-5-3-2-4-6-17)15-23-11-13-26-14-12-23/h2-10,20H,11-16H2,1H3,(H,22,24)/t20-/m0/s1. The summed E-state index contributed by atoms with van der Waals surface area (Å²) < 4.78 is 10.6. The van der Waals surface area contributed by atoms with E-state index in [4.69, 9.17) is 9.47 Å². The van der Waals surface area contributed by atoms with E-state index < -0.39 is 0 Å². The van der Waals surface area contributed by atoms with Crippen LogP contribution in [-0.2, 0) is 9.53 Å². The number of thioether (sulfide) groups is 1. The first-order valence-electron chi connectivity index (χ1n) is 9.16. The predicted molar refractivity (Wildman–Crippen MR) is 108 cm³/mol. The SMILES string of the molecule is COc1ccc(SCC(=O)N[C@@H](CN2CCOCC2)c2ccccc2)cc1. The van der Waals surface area contributed by atoms with E-state index in [0.717, 1.165) is 49.1 Å². The fourth-order valence-corrected chi connectivity index (χ4v) is 3.73. The molecule has 0 spiro atoms. The van der Waals surface area contributed by atoms with Crippen LogP contribution in [0.5, 0.6) is 5.75 Å². The molecule has 0 aliphatic carbocycles. The molecule has 1 saturated heterocycles. The van der Waals surface area contributed by atoms with Crippen molar-refractivity contribution < 1.29 is 14.3 Å². The van der Waals surface area contributed by atoms with Crippen LogP contribution in [0.4, 0.5) is 0 Å². The van der Waals surface area contributed by atoms with E-state index in [9.17, 15) is 4.79 Å². The monoisotopic (exact) mass is 386 g/mol. The first-order valence-corrected chi connectivity index (χ1v) is 10.1. The second-order valence-corrected chi connectivity index (χ2v) is 7.46. The number of hydrogen-bond donors (Lipinski definition) is 1. The molecule has 1 atom stereocenters. The van der Waals surface area contributed by atoms with Gasteiger partial charge in [0, 0.05) is 24.5 Å². The lowest BCUT2D eigenvalue weighted by molar-refractivity contribution is -0.119. The molecular formula is C21H26N2O3S. The number of benzene rings is 2. The second kappa shape index (κ2) is 10.3. The van der Waals surface area contributed by atoms with Gasteiger partial charge in [0.25, 0.3) is 0 Å². The van der Waals surface area contributed by atoms with Crippen LogP contribution in [0.2, 0.25) is 0 Å². The van der Waals surface area contributed by atoms with Crippen molar-refractivity contribution in [1.29, 1.82) is 0 Å². The quantitative estimate of drug-likeness (QED) is 0.707. The number of nitrogens with one attached hydrogen (secondary N) is 1. The molecule has 2 aromatic carbocycles. The summed E-state index contributed by atoms with van der Waals surface area (Å²) in [5.74, 6) is 1.25. The van der Waals surface area contributed by atoms with Crippen molar-refractivity contribution in [3.05, 3.63) is 60.2 Å².